The summed E-state index contributed by atoms with van der Waals surface area (Å²) in [4.78, 5) is 12.6. The Labute approximate surface area is 120 Å². The fourth-order valence-electron chi connectivity index (χ4n) is 2.29. The minimum Gasteiger partial charge on any atom is -0.454 e. The third-order valence-corrected chi connectivity index (χ3v) is 3.21. The van der Waals surface area contributed by atoms with Crippen LogP contribution in [0.3, 0.4) is 0 Å². The second-order valence-electron chi connectivity index (χ2n) is 4.82. The van der Waals surface area contributed by atoms with Gasteiger partial charge < -0.3 is 9.47 Å². The van der Waals surface area contributed by atoms with Gasteiger partial charge in [-0.05, 0) is 43.2 Å². The maximum Gasteiger partial charge on any atom is 0.231 e. The van der Waals surface area contributed by atoms with Gasteiger partial charge in [0.2, 0.25) is 6.79 Å². The van der Waals surface area contributed by atoms with Gasteiger partial charge in [0.25, 0.3) is 0 Å². The molecule has 0 spiro atoms. The lowest BCUT2D eigenvalue weighted by Gasteiger charge is -2.21. The molecule has 0 fully saturated rings. The Morgan fingerprint density at radius 3 is 2.90 bits per heavy atom. The maximum atomic E-state index is 10.2. The van der Waals surface area contributed by atoms with Gasteiger partial charge >= 0.3 is 0 Å². The van der Waals surface area contributed by atoms with E-state index in [0.717, 1.165) is 50.3 Å². The first-order chi connectivity index (χ1) is 9.83. The van der Waals surface area contributed by atoms with Gasteiger partial charge in [0, 0.05) is 13.1 Å². The van der Waals surface area contributed by atoms with E-state index < -0.39 is 0 Å². The van der Waals surface area contributed by atoms with E-state index in [1.807, 2.05) is 18.2 Å². The Bertz CT molecular complexity index is 471. The summed E-state index contributed by atoms with van der Waals surface area (Å²) in [5.41, 5.74) is 1.22. The van der Waals surface area contributed by atoms with E-state index in [1.54, 1.807) is 6.08 Å². The molecule has 0 aromatic heterocycles. The van der Waals surface area contributed by atoms with Crippen LogP contribution in [-0.2, 0) is 11.3 Å². The average Bonchev–Trinajstić information content (AvgIpc) is 2.91. The van der Waals surface area contributed by atoms with Crippen molar-refractivity contribution in [1.82, 2.24) is 4.90 Å². The van der Waals surface area contributed by atoms with Crippen LogP contribution < -0.4 is 9.47 Å². The number of aldehydes is 1. The molecular weight excluding hydrogens is 254 g/mol. The van der Waals surface area contributed by atoms with Crippen LogP contribution in [0.15, 0.2) is 30.4 Å². The minimum absolute atomic E-state index is 0.313. The molecule has 4 nitrogen and oxygen atoms in total. The summed E-state index contributed by atoms with van der Waals surface area (Å²) in [5, 5.41) is 0. The molecule has 20 heavy (non-hydrogen) atoms. The molecule has 1 aliphatic rings. The molecular formula is C16H21NO3. The standard InChI is InChI=1S/C16H21NO3/c1-2-8-17(9-4-3-5-10-18)12-14-6-7-15-16(11-14)20-13-19-15/h3,5-7,10-11H,2,4,8-9,12-13H2,1H3/b5-3-. The highest BCUT2D eigenvalue weighted by atomic mass is 16.7. The van der Waals surface area contributed by atoms with Gasteiger partial charge in [-0.2, -0.15) is 0 Å². The zero-order valence-corrected chi connectivity index (χ0v) is 11.9. The lowest BCUT2D eigenvalue weighted by atomic mass is 10.1. The number of carbonyl (C=O) groups excluding carboxylic acids is 1. The van der Waals surface area contributed by atoms with E-state index in [4.69, 9.17) is 9.47 Å². The molecule has 0 saturated heterocycles. The number of hydrogen-bond donors (Lipinski definition) is 0. The van der Waals surface area contributed by atoms with Crippen molar-refractivity contribution in [2.75, 3.05) is 19.9 Å². The lowest BCUT2D eigenvalue weighted by molar-refractivity contribution is -0.104. The summed E-state index contributed by atoms with van der Waals surface area (Å²) >= 11 is 0. The molecule has 4 heteroatoms. The third kappa shape index (κ3) is 4.10. The van der Waals surface area contributed by atoms with Crippen LogP contribution in [0.2, 0.25) is 0 Å². The summed E-state index contributed by atoms with van der Waals surface area (Å²) in [5.74, 6) is 1.66. The number of nitrogens with zero attached hydrogens (tertiary/aromatic N) is 1. The zero-order valence-electron chi connectivity index (χ0n) is 11.9. The Morgan fingerprint density at radius 2 is 2.10 bits per heavy atom. The van der Waals surface area contributed by atoms with Gasteiger partial charge in [0.05, 0.1) is 0 Å². The molecule has 0 unspecified atom stereocenters. The smallest absolute Gasteiger partial charge is 0.231 e. The van der Waals surface area contributed by atoms with Crippen molar-refractivity contribution in [3.05, 3.63) is 35.9 Å². The van der Waals surface area contributed by atoms with Crippen LogP contribution in [0.4, 0.5) is 0 Å². The quantitative estimate of drug-likeness (QED) is 0.540. The van der Waals surface area contributed by atoms with E-state index in [-0.39, 0.29) is 0 Å². The molecule has 1 aromatic carbocycles. The Kier molecular flexibility index (Phi) is 5.62. The first-order valence-electron chi connectivity index (χ1n) is 7.04. The Balaban J connectivity index is 1.93. The fraction of sp³-hybridized carbons (Fsp3) is 0.438. The zero-order chi connectivity index (χ0) is 14.2. The fourth-order valence-corrected chi connectivity index (χ4v) is 2.29. The highest BCUT2D eigenvalue weighted by Crippen LogP contribution is 2.32. The number of carbonyl (C=O) groups is 1. The van der Waals surface area contributed by atoms with Crippen molar-refractivity contribution in [3.63, 3.8) is 0 Å². The number of hydrogen-bond acceptors (Lipinski definition) is 4. The SMILES string of the molecule is CCCN(CC/C=C\C=O)Cc1ccc2c(c1)OCO2. The minimum atomic E-state index is 0.313. The van der Waals surface area contributed by atoms with E-state index in [0.29, 0.717) is 6.79 Å². The third-order valence-electron chi connectivity index (χ3n) is 3.21. The molecule has 0 bridgehead atoms. The largest absolute Gasteiger partial charge is 0.454 e. The second-order valence-corrected chi connectivity index (χ2v) is 4.82. The van der Waals surface area contributed by atoms with Crippen LogP contribution in [0.25, 0.3) is 0 Å². The van der Waals surface area contributed by atoms with Gasteiger partial charge in [0.15, 0.2) is 11.5 Å². The van der Waals surface area contributed by atoms with E-state index >= 15 is 0 Å². The van der Waals surface area contributed by atoms with Crippen molar-refractivity contribution >= 4 is 6.29 Å². The molecule has 0 saturated carbocycles. The highest BCUT2D eigenvalue weighted by Gasteiger charge is 2.14. The van der Waals surface area contributed by atoms with Crippen molar-refractivity contribution in [1.29, 1.82) is 0 Å². The lowest BCUT2D eigenvalue weighted by Crippen LogP contribution is -2.25. The van der Waals surface area contributed by atoms with Crippen molar-refractivity contribution in [3.8, 4) is 11.5 Å². The summed E-state index contributed by atoms with van der Waals surface area (Å²) in [6.45, 7) is 5.37. The van der Waals surface area contributed by atoms with Gasteiger partial charge in [-0.15, -0.1) is 0 Å². The maximum absolute atomic E-state index is 10.2. The molecule has 0 N–H and O–H groups in total. The normalized spacial score (nSPS) is 13.3. The van der Waals surface area contributed by atoms with Crippen molar-refractivity contribution in [2.24, 2.45) is 0 Å². The second kappa shape index (κ2) is 7.70. The van der Waals surface area contributed by atoms with Crippen molar-refractivity contribution < 1.29 is 14.3 Å². The average molecular weight is 275 g/mol. The highest BCUT2D eigenvalue weighted by molar-refractivity contribution is 5.64. The number of fused-ring (bicyclic) bond motifs is 1. The van der Waals surface area contributed by atoms with Crippen LogP contribution >= 0.6 is 0 Å². The van der Waals surface area contributed by atoms with E-state index in [1.165, 1.54) is 5.56 Å². The first kappa shape index (κ1) is 14.6. The molecule has 0 aliphatic carbocycles. The number of allylic oxidation sites excluding steroid dienone is 1. The number of benzene rings is 1. The molecule has 2 rings (SSSR count). The van der Waals surface area contributed by atoms with Gasteiger partial charge in [-0.3, -0.25) is 9.69 Å². The van der Waals surface area contributed by atoms with Gasteiger partial charge in [-0.1, -0.05) is 19.1 Å². The van der Waals surface area contributed by atoms with Gasteiger partial charge in [-0.25, -0.2) is 0 Å². The van der Waals surface area contributed by atoms with Gasteiger partial charge in [0.1, 0.15) is 6.29 Å². The summed E-state index contributed by atoms with van der Waals surface area (Å²) in [6.07, 6.45) is 6.30. The van der Waals surface area contributed by atoms with Crippen LogP contribution in [-0.4, -0.2) is 31.1 Å². The Hall–Kier alpha value is -1.81. The predicted molar refractivity (Wildman–Crippen MR) is 78.0 cm³/mol. The molecule has 0 atom stereocenters. The summed E-state index contributed by atoms with van der Waals surface area (Å²) < 4.78 is 10.7. The molecule has 0 radical (unpaired) electrons. The predicted octanol–water partition coefficient (Wildman–Crippen LogP) is 2.77. The number of ether oxygens (including phenoxy) is 2. The summed E-state index contributed by atoms with van der Waals surface area (Å²) in [7, 11) is 0. The first-order valence-corrected chi connectivity index (χ1v) is 7.04. The summed E-state index contributed by atoms with van der Waals surface area (Å²) in [6, 6.07) is 6.10. The van der Waals surface area contributed by atoms with Crippen LogP contribution in [0, 0.1) is 0 Å². The molecule has 1 aromatic rings. The van der Waals surface area contributed by atoms with Crippen LogP contribution in [0.1, 0.15) is 25.3 Å². The molecule has 1 heterocycles. The Morgan fingerprint density at radius 1 is 1.25 bits per heavy atom. The van der Waals surface area contributed by atoms with E-state index in [9.17, 15) is 4.79 Å². The molecule has 0 amide bonds. The van der Waals surface area contributed by atoms with Crippen LogP contribution in [0.5, 0.6) is 11.5 Å². The number of rotatable bonds is 8. The van der Waals surface area contributed by atoms with Crippen molar-refractivity contribution in [2.45, 2.75) is 26.3 Å². The monoisotopic (exact) mass is 275 g/mol. The molecule has 1 aliphatic heterocycles. The molecule has 108 valence electrons. The van der Waals surface area contributed by atoms with E-state index in [2.05, 4.69) is 17.9 Å². The topological polar surface area (TPSA) is 38.8 Å².